The van der Waals surface area contributed by atoms with Crippen LogP contribution in [-0.2, 0) is 4.79 Å². The van der Waals surface area contributed by atoms with Crippen LogP contribution in [-0.4, -0.2) is 69.7 Å². The zero-order chi connectivity index (χ0) is 19.8. The Morgan fingerprint density at radius 3 is 2.83 bits per heavy atom. The summed E-state index contributed by atoms with van der Waals surface area (Å²) in [5, 5.41) is 14.7. The molecule has 2 N–H and O–H groups in total. The molecule has 3 saturated heterocycles. The van der Waals surface area contributed by atoms with Gasteiger partial charge in [0.2, 0.25) is 5.91 Å². The molecule has 6 heteroatoms. The fourth-order valence-corrected chi connectivity index (χ4v) is 5.56. The number of aliphatic hydroxyl groups is 1. The molecule has 6 nitrogen and oxygen atoms in total. The third-order valence-corrected chi connectivity index (χ3v) is 7.06. The Morgan fingerprint density at radius 1 is 1.14 bits per heavy atom. The summed E-state index contributed by atoms with van der Waals surface area (Å²) >= 11 is 0. The number of benzene rings is 1. The number of carbonyl (C=O) groups excluding carboxylic acids is 1. The predicted molar refractivity (Wildman–Crippen MR) is 114 cm³/mol. The van der Waals surface area contributed by atoms with Crippen LogP contribution in [0.25, 0.3) is 10.9 Å². The summed E-state index contributed by atoms with van der Waals surface area (Å²) in [6.07, 6.45) is 7.08. The number of para-hydroxylation sites is 1. The lowest BCUT2D eigenvalue weighted by Gasteiger charge is -2.44. The number of likely N-dealkylation sites (tertiary alicyclic amines) is 1. The lowest BCUT2D eigenvalue weighted by atomic mass is 9.83. The highest BCUT2D eigenvalue weighted by Gasteiger charge is 2.53. The highest BCUT2D eigenvalue weighted by Crippen LogP contribution is 2.41. The Morgan fingerprint density at radius 2 is 1.97 bits per heavy atom. The van der Waals surface area contributed by atoms with Crippen LogP contribution in [0.2, 0.25) is 0 Å². The molecular formula is C23H30N4O2. The van der Waals surface area contributed by atoms with Crippen LogP contribution in [0.1, 0.15) is 38.5 Å². The number of piperidine rings is 2. The zero-order valence-electron chi connectivity index (χ0n) is 16.9. The van der Waals surface area contributed by atoms with Gasteiger partial charge in [0.05, 0.1) is 11.6 Å². The number of carbonyl (C=O) groups is 1. The standard InChI is InChI=1S/C23H30N4O2/c28-18-8-13-26(14-9-18)22(29)23-10-3-4-12-27(23)16-17(15-23)25-21-7-11-24-20-6-2-1-5-19(20)21/h1-2,5-7,11,17-18,28H,3-4,8-10,12-16H2,(H,24,25)/t17?,23-/m1/s1. The molecule has 4 heterocycles. The predicted octanol–water partition coefficient (Wildman–Crippen LogP) is 2.63. The first kappa shape index (κ1) is 18.8. The lowest BCUT2D eigenvalue weighted by Crippen LogP contribution is -2.59. The van der Waals surface area contributed by atoms with Gasteiger partial charge in [-0.1, -0.05) is 18.2 Å². The van der Waals surface area contributed by atoms with Crippen molar-refractivity contribution in [3.63, 3.8) is 0 Å². The molecule has 1 aromatic heterocycles. The maximum Gasteiger partial charge on any atom is 0.243 e. The van der Waals surface area contributed by atoms with E-state index in [2.05, 4.69) is 21.3 Å². The molecule has 1 aromatic carbocycles. The van der Waals surface area contributed by atoms with Crippen molar-refractivity contribution in [1.82, 2.24) is 14.8 Å². The van der Waals surface area contributed by atoms with Gasteiger partial charge < -0.3 is 15.3 Å². The Bertz CT molecular complexity index is 890. The minimum Gasteiger partial charge on any atom is -0.393 e. The average molecular weight is 395 g/mol. The van der Waals surface area contributed by atoms with Crippen molar-refractivity contribution in [3.8, 4) is 0 Å². The summed E-state index contributed by atoms with van der Waals surface area (Å²) in [5.74, 6) is 0.285. The van der Waals surface area contributed by atoms with Crippen molar-refractivity contribution in [2.24, 2.45) is 0 Å². The molecule has 2 atom stereocenters. The van der Waals surface area contributed by atoms with Crippen molar-refractivity contribution in [3.05, 3.63) is 36.5 Å². The van der Waals surface area contributed by atoms with Crippen molar-refractivity contribution in [1.29, 1.82) is 0 Å². The van der Waals surface area contributed by atoms with Gasteiger partial charge in [0.1, 0.15) is 5.54 Å². The SMILES string of the molecule is O=C(N1CCC(O)CC1)[C@]12CCCCN1CC(Nc1ccnc3ccccc13)C2. The molecule has 29 heavy (non-hydrogen) atoms. The Hall–Kier alpha value is -2.18. The van der Waals surface area contributed by atoms with Crippen LogP contribution in [0.4, 0.5) is 5.69 Å². The molecule has 1 amide bonds. The second kappa shape index (κ2) is 7.58. The van der Waals surface area contributed by atoms with Crippen LogP contribution in [0, 0.1) is 0 Å². The van der Waals surface area contributed by atoms with E-state index in [1.807, 2.05) is 35.4 Å². The summed E-state index contributed by atoms with van der Waals surface area (Å²) in [4.78, 5) is 22.5. The summed E-state index contributed by atoms with van der Waals surface area (Å²) < 4.78 is 0. The minimum absolute atomic E-state index is 0.248. The van der Waals surface area contributed by atoms with Gasteiger partial charge in [0.25, 0.3) is 0 Å². The first-order valence-corrected chi connectivity index (χ1v) is 11.0. The number of aromatic nitrogens is 1. The molecule has 3 aliphatic heterocycles. The molecule has 0 spiro atoms. The molecule has 1 unspecified atom stereocenters. The monoisotopic (exact) mass is 394 g/mol. The second-order valence-corrected chi connectivity index (χ2v) is 8.88. The van der Waals surface area contributed by atoms with E-state index in [-0.39, 0.29) is 23.6 Å². The van der Waals surface area contributed by atoms with Crippen molar-refractivity contribution in [2.45, 2.75) is 56.2 Å². The van der Waals surface area contributed by atoms with E-state index in [1.54, 1.807) is 0 Å². The lowest BCUT2D eigenvalue weighted by molar-refractivity contribution is -0.147. The molecule has 5 rings (SSSR count). The van der Waals surface area contributed by atoms with E-state index in [1.165, 1.54) is 6.42 Å². The number of nitrogens with one attached hydrogen (secondary N) is 1. The van der Waals surface area contributed by atoms with Gasteiger partial charge >= 0.3 is 0 Å². The van der Waals surface area contributed by atoms with Crippen molar-refractivity contribution >= 4 is 22.5 Å². The van der Waals surface area contributed by atoms with Gasteiger partial charge in [-0.05, 0) is 57.2 Å². The van der Waals surface area contributed by atoms with Gasteiger partial charge in [-0.25, -0.2) is 0 Å². The maximum absolute atomic E-state index is 13.6. The van der Waals surface area contributed by atoms with E-state index in [0.717, 1.165) is 48.9 Å². The first-order chi connectivity index (χ1) is 14.2. The molecule has 3 fully saturated rings. The van der Waals surface area contributed by atoms with Gasteiger partial charge in [-0.3, -0.25) is 14.7 Å². The number of rotatable bonds is 3. The fourth-order valence-electron chi connectivity index (χ4n) is 5.56. The normalized spacial score (nSPS) is 28.4. The molecule has 0 aliphatic carbocycles. The molecule has 0 saturated carbocycles. The molecule has 0 bridgehead atoms. The number of fused-ring (bicyclic) bond motifs is 2. The van der Waals surface area contributed by atoms with E-state index in [0.29, 0.717) is 25.9 Å². The maximum atomic E-state index is 13.6. The third-order valence-electron chi connectivity index (χ3n) is 7.06. The minimum atomic E-state index is -0.374. The van der Waals surface area contributed by atoms with Crippen LogP contribution in [0.5, 0.6) is 0 Å². The van der Waals surface area contributed by atoms with Crippen LogP contribution < -0.4 is 5.32 Å². The smallest absolute Gasteiger partial charge is 0.243 e. The largest absolute Gasteiger partial charge is 0.393 e. The molecule has 0 radical (unpaired) electrons. The third kappa shape index (κ3) is 3.38. The summed E-state index contributed by atoms with van der Waals surface area (Å²) in [5.41, 5.74) is 1.72. The van der Waals surface area contributed by atoms with Gasteiger partial charge in [-0.2, -0.15) is 0 Å². The number of pyridine rings is 1. The quantitative estimate of drug-likeness (QED) is 0.838. The second-order valence-electron chi connectivity index (χ2n) is 8.88. The zero-order valence-corrected chi connectivity index (χ0v) is 16.9. The van der Waals surface area contributed by atoms with Crippen molar-refractivity contribution in [2.75, 3.05) is 31.5 Å². The van der Waals surface area contributed by atoms with E-state index >= 15 is 0 Å². The topological polar surface area (TPSA) is 68.7 Å². The number of hydrogen-bond acceptors (Lipinski definition) is 5. The number of nitrogens with zero attached hydrogens (tertiary/aromatic N) is 3. The van der Waals surface area contributed by atoms with E-state index in [4.69, 9.17) is 0 Å². The van der Waals surface area contributed by atoms with Gasteiger partial charge in [0.15, 0.2) is 0 Å². The molecule has 3 aliphatic rings. The van der Waals surface area contributed by atoms with Crippen LogP contribution in [0.15, 0.2) is 36.5 Å². The van der Waals surface area contributed by atoms with Crippen molar-refractivity contribution < 1.29 is 9.90 Å². The Balaban J connectivity index is 1.38. The number of hydrogen-bond donors (Lipinski definition) is 2. The molecule has 154 valence electrons. The van der Waals surface area contributed by atoms with Crippen LogP contribution >= 0.6 is 0 Å². The molecular weight excluding hydrogens is 364 g/mol. The Kier molecular flexibility index (Phi) is 4.92. The summed E-state index contributed by atoms with van der Waals surface area (Å²) in [6, 6.07) is 10.5. The summed E-state index contributed by atoms with van der Waals surface area (Å²) in [7, 11) is 0. The first-order valence-electron chi connectivity index (χ1n) is 11.0. The molecule has 2 aromatic rings. The number of anilines is 1. The van der Waals surface area contributed by atoms with E-state index < -0.39 is 0 Å². The van der Waals surface area contributed by atoms with Crippen LogP contribution in [0.3, 0.4) is 0 Å². The number of aliphatic hydroxyl groups excluding tert-OH is 1. The fraction of sp³-hybridized carbons (Fsp3) is 0.565. The number of amides is 1. The highest BCUT2D eigenvalue weighted by molar-refractivity contribution is 5.91. The summed E-state index contributed by atoms with van der Waals surface area (Å²) in [6.45, 7) is 3.27. The highest BCUT2D eigenvalue weighted by atomic mass is 16.3. The van der Waals surface area contributed by atoms with Gasteiger partial charge in [-0.15, -0.1) is 0 Å². The van der Waals surface area contributed by atoms with Gasteiger partial charge in [0, 0.05) is 42.9 Å². The Labute approximate surface area is 171 Å². The average Bonchev–Trinajstić information content (AvgIpc) is 3.13. The van der Waals surface area contributed by atoms with E-state index in [9.17, 15) is 9.90 Å².